The van der Waals surface area contributed by atoms with Crippen LogP contribution in [0, 0.1) is 0 Å². The summed E-state index contributed by atoms with van der Waals surface area (Å²) in [5.41, 5.74) is 2.50. The van der Waals surface area contributed by atoms with Gasteiger partial charge in [0.05, 0.1) is 11.0 Å². The molecule has 1 aromatic carbocycles. The van der Waals surface area contributed by atoms with E-state index >= 15 is 0 Å². The molecule has 0 aliphatic carbocycles. The van der Waals surface area contributed by atoms with Crippen molar-refractivity contribution in [3.8, 4) is 0 Å². The SMILES string of the molecule is CC(C)S(=O)(=O)CCCCCCCc1ccc(CCCC(=O)O)cc1. The zero-order valence-electron chi connectivity index (χ0n) is 15.5. The van der Waals surface area contributed by atoms with Crippen molar-refractivity contribution >= 4 is 15.8 Å². The van der Waals surface area contributed by atoms with E-state index in [1.54, 1.807) is 13.8 Å². The first-order valence-electron chi connectivity index (χ1n) is 9.32. The van der Waals surface area contributed by atoms with Gasteiger partial charge in [0.1, 0.15) is 0 Å². The Hall–Kier alpha value is -1.36. The Kier molecular flexibility index (Phi) is 9.79. The highest BCUT2D eigenvalue weighted by Gasteiger charge is 2.14. The molecular weight excluding hydrogens is 336 g/mol. The van der Waals surface area contributed by atoms with E-state index in [2.05, 4.69) is 24.3 Å². The number of sulfone groups is 1. The Morgan fingerprint density at radius 3 is 1.88 bits per heavy atom. The summed E-state index contributed by atoms with van der Waals surface area (Å²) in [6.07, 6.45) is 7.84. The predicted molar refractivity (Wildman–Crippen MR) is 103 cm³/mol. The number of rotatable bonds is 13. The maximum absolute atomic E-state index is 11.7. The van der Waals surface area contributed by atoms with Crippen LogP contribution < -0.4 is 0 Å². The Balaban J connectivity index is 2.13. The lowest BCUT2D eigenvalue weighted by Gasteiger charge is -2.07. The minimum Gasteiger partial charge on any atom is -0.481 e. The Bertz CT molecular complexity index is 603. The molecule has 0 unspecified atom stereocenters. The van der Waals surface area contributed by atoms with Crippen molar-refractivity contribution < 1.29 is 18.3 Å². The third kappa shape index (κ3) is 9.63. The fourth-order valence-electron chi connectivity index (χ4n) is 2.71. The second kappa shape index (κ2) is 11.3. The number of aliphatic carboxylic acids is 1. The summed E-state index contributed by atoms with van der Waals surface area (Å²) in [6.45, 7) is 3.49. The van der Waals surface area contributed by atoms with E-state index in [-0.39, 0.29) is 11.7 Å². The predicted octanol–water partition coefficient (Wildman–Crippen LogP) is 4.41. The van der Waals surface area contributed by atoms with Crippen LogP contribution in [0.5, 0.6) is 0 Å². The maximum atomic E-state index is 11.7. The average Bonchev–Trinajstić information content (AvgIpc) is 2.54. The number of unbranched alkanes of at least 4 members (excludes halogenated alkanes) is 4. The van der Waals surface area contributed by atoms with Gasteiger partial charge in [-0.25, -0.2) is 8.42 Å². The molecule has 25 heavy (non-hydrogen) atoms. The van der Waals surface area contributed by atoms with E-state index in [1.807, 2.05) is 0 Å². The molecule has 142 valence electrons. The van der Waals surface area contributed by atoms with Crippen LogP contribution in [0.25, 0.3) is 0 Å². The Morgan fingerprint density at radius 2 is 1.36 bits per heavy atom. The summed E-state index contributed by atoms with van der Waals surface area (Å²) >= 11 is 0. The van der Waals surface area contributed by atoms with Crippen LogP contribution in [0.1, 0.15) is 69.9 Å². The first-order valence-corrected chi connectivity index (χ1v) is 11.0. The standard InChI is InChI=1S/C20H32O4S/c1-17(2)25(23,24)16-7-5-3-4-6-9-18-12-14-19(15-13-18)10-8-11-20(21)22/h12-15,17H,3-11,16H2,1-2H3,(H,21,22). The van der Waals surface area contributed by atoms with E-state index in [4.69, 9.17) is 5.11 Å². The van der Waals surface area contributed by atoms with Crippen LogP contribution in [0.4, 0.5) is 0 Å². The second-order valence-electron chi connectivity index (χ2n) is 7.00. The first-order chi connectivity index (χ1) is 11.8. The lowest BCUT2D eigenvalue weighted by atomic mass is 10.0. The van der Waals surface area contributed by atoms with Crippen LogP contribution in [0.3, 0.4) is 0 Å². The number of hydrogen-bond acceptors (Lipinski definition) is 3. The third-order valence-corrected chi connectivity index (χ3v) is 6.79. The van der Waals surface area contributed by atoms with Crippen molar-refractivity contribution in [3.05, 3.63) is 35.4 Å². The van der Waals surface area contributed by atoms with Gasteiger partial charge in [0.15, 0.2) is 9.84 Å². The summed E-state index contributed by atoms with van der Waals surface area (Å²) in [4.78, 5) is 10.5. The quantitative estimate of drug-likeness (QED) is 0.524. The fourth-order valence-corrected chi connectivity index (χ4v) is 3.79. The summed E-state index contributed by atoms with van der Waals surface area (Å²) in [7, 11) is -2.88. The van der Waals surface area contributed by atoms with Crippen LogP contribution in [0.15, 0.2) is 24.3 Å². The molecule has 4 nitrogen and oxygen atoms in total. The van der Waals surface area contributed by atoms with E-state index in [0.29, 0.717) is 12.2 Å². The van der Waals surface area contributed by atoms with Gasteiger partial charge >= 0.3 is 5.97 Å². The topological polar surface area (TPSA) is 71.4 Å². The van der Waals surface area contributed by atoms with E-state index in [0.717, 1.165) is 44.9 Å². The molecule has 1 rings (SSSR count). The van der Waals surface area contributed by atoms with Crippen molar-refractivity contribution in [1.82, 2.24) is 0 Å². The third-order valence-electron chi connectivity index (χ3n) is 4.49. The Morgan fingerprint density at radius 1 is 0.880 bits per heavy atom. The molecule has 5 heteroatoms. The number of carboxylic acid groups (broad SMARTS) is 1. The molecule has 0 spiro atoms. The van der Waals surface area contributed by atoms with Gasteiger partial charge in [0, 0.05) is 6.42 Å². The highest BCUT2D eigenvalue weighted by atomic mass is 32.2. The molecule has 1 N–H and O–H groups in total. The molecule has 0 radical (unpaired) electrons. The molecule has 0 fully saturated rings. The van der Waals surface area contributed by atoms with Gasteiger partial charge in [-0.3, -0.25) is 4.79 Å². The van der Waals surface area contributed by atoms with Crippen molar-refractivity contribution in [3.63, 3.8) is 0 Å². The van der Waals surface area contributed by atoms with Gasteiger partial charge in [0.2, 0.25) is 0 Å². The minimum absolute atomic E-state index is 0.222. The molecule has 0 heterocycles. The second-order valence-corrected chi connectivity index (χ2v) is 9.67. The van der Waals surface area contributed by atoms with E-state index in [1.165, 1.54) is 11.1 Å². The Labute approximate surface area is 152 Å². The monoisotopic (exact) mass is 368 g/mol. The van der Waals surface area contributed by atoms with Gasteiger partial charge in [-0.1, -0.05) is 43.5 Å². The number of benzene rings is 1. The van der Waals surface area contributed by atoms with Crippen LogP contribution in [-0.4, -0.2) is 30.5 Å². The van der Waals surface area contributed by atoms with Crippen molar-refractivity contribution in [2.24, 2.45) is 0 Å². The molecule has 0 atom stereocenters. The van der Waals surface area contributed by atoms with Crippen molar-refractivity contribution in [2.75, 3.05) is 5.75 Å². The largest absolute Gasteiger partial charge is 0.481 e. The van der Waals surface area contributed by atoms with Crippen molar-refractivity contribution in [1.29, 1.82) is 0 Å². The van der Waals surface area contributed by atoms with Gasteiger partial charge in [0.25, 0.3) is 0 Å². The van der Waals surface area contributed by atoms with E-state index < -0.39 is 15.8 Å². The number of carboxylic acids is 1. The zero-order valence-corrected chi connectivity index (χ0v) is 16.4. The van der Waals surface area contributed by atoms with Gasteiger partial charge in [-0.15, -0.1) is 0 Å². The summed E-state index contributed by atoms with van der Waals surface area (Å²) in [5, 5.41) is 8.38. The number of carbonyl (C=O) groups is 1. The molecule has 0 amide bonds. The molecule has 0 aliphatic rings. The van der Waals surface area contributed by atoms with Gasteiger partial charge in [-0.2, -0.15) is 0 Å². The molecule has 0 saturated carbocycles. The van der Waals surface area contributed by atoms with Crippen LogP contribution in [0.2, 0.25) is 0 Å². The highest BCUT2D eigenvalue weighted by Crippen LogP contribution is 2.13. The molecule has 0 bridgehead atoms. The van der Waals surface area contributed by atoms with Gasteiger partial charge < -0.3 is 5.11 Å². The van der Waals surface area contributed by atoms with E-state index in [9.17, 15) is 13.2 Å². The molecular formula is C20H32O4S. The average molecular weight is 369 g/mol. The number of hydrogen-bond donors (Lipinski definition) is 1. The molecule has 0 saturated heterocycles. The number of aryl methyl sites for hydroxylation is 2. The van der Waals surface area contributed by atoms with Crippen LogP contribution in [-0.2, 0) is 27.5 Å². The van der Waals surface area contributed by atoms with Crippen molar-refractivity contribution in [2.45, 2.75) is 76.9 Å². The highest BCUT2D eigenvalue weighted by molar-refractivity contribution is 7.91. The summed E-state index contributed by atoms with van der Waals surface area (Å²) in [6, 6.07) is 8.44. The normalized spacial score (nSPS) is 11.8. The fraction of sp³-hybridized carbons (Fsp3) is 0.650. The first kappa shape index (κ1) is 21.7. The lowest BCUT2D eigenvalue weighted by molar-refractivity contribution is -0.137. The summed E-state index contributed by atoms with van der Waals surface area (Å²) < 4.78 is 23.4. The molecule has 0 aliphatic heterocycles. The maximum Gasteiger partial charge on any atom is 0.303 e. The minimum atomic E-state index is -2.88. The van der Waals surface area contributed by atoms with Gasteiger partial charge in [-0.05, 0) is 57.1 Å². The summed E-state index contributed by atoms with van der Waals surface area (Å²) in [5.74, 6) is -0.424. The smallest absolute Gasteiger partial charge is 0.303 e. The molecule has 1 aromatic rings. The lowest BCUT2D eigenvalue weighted by Crippen LogP contribution is -2.17. The molecule has 0 aromatic heterocycles. The van der Waals surface area contributed by atoms with Crippen LogP contribution >= 0.6 is 0 Å². The zero-order chi connectivity index (χ0) is 18.7.